The number of nitrogens with one attached hydrogen (secondary N) is 1. The van der Waals surface area contributed by atoms with Crippen LogP contribution in [0, 0.1) is 11.8 Å². The summed E-state index contributed by atoms with van der Waals surface area (Å²) >= 11 is 6.34. The third-order valence-corrected chi connectivity index (χ3v) is 8.18. The third-order valence-electron chi connectivity index (χ3n) is 7.95. The molecule has 33 heavy (non-hydrogen) atoms. The van der Waals surface area contributed by atoms with E-state index in [1.165, 1.54) is 4.90 Å². The molecule has 4 aliphatic rings. The van der Waals surface area contributed by atoms with Crippen LogP contribution in [-0.4, -0.2) is 35.2 Å². The molecule has 0 aliphatic carbocycles. The average Bonchev–Trinajstić information content (AvgIpc) is 3.52. The summed E-state index contributed by atoms with van der Waals surface area (Å²) in [6.45, 7) is 0.674. The van der Waals surface area contributed by atoms with Gasteiger partial charge in [0.15, 0.2) is 0 Å². The van der Waals surface area contributed by atoms with E-state index in [1.807, 2.05) is 42.5 Å². The van der Waals surface area contributed by atoms with E-state index in [-0.39, 0.29) is 23.8 Å². The fourth-order valence-electron chi connectivity index (χ4n) is 6.75. The van der Waals surface area contributed by atoms with Gasteiger partial charge in [-0.05, 0) is 60.5 Å². The smallest absolute Gasteiger partial charge is 0.250 e. The molecule has 164 valence electrons. The molecule has 3 saturated heterocycles. The number of anilines is 2. The molecule has 6 nitrogen and oxygen atoms in total. The Hall–Kier alpha value is -3.22. The quantitative estimate of drug-likeness (QED) is 0.562. The normalized spacial score (nSPS) is 30.3. The summed E-state index contributed by atoms with van der Waals surface area (Å²) in [5.74, 6) is -2.08. The van der Waals surface area contributed by atoms with Gasteiger partial charge >= 0.3 is 0 Å². The number of rotatable bonds is 1. The van der Waals surface area contributed by atoms with Crippen molar-refractivity contribution in [3.05, 3.63) is 71.2 Å². The summed E-state index contributed by atoms with van der Waals surface area (Å²) in [6, 6.07) is 18.6. The molecule has 3 amide bonds. The predicted octanol–water partition coefficient (Wildman–Crippen LogP) is 3.92. The standard InChI is InChI=1S/C26H20ClN3O3/c27-16-8-10-19-18(13-16)26(25(33)28-19)22-21(20-6-3-11-29(20)26)23(31)30(24(22)32)17-9-7-14-4-1-2-5-15(14)12-17/h1-2,4-5,7-10,12-13,20-22H,3,6,11H2,(H,28,33). The molecule has 7 heteroatoms. The van der Waals surface area contributed by atoms with Gasteiger partial charge in [-0.2, -0.15) is 0 Å². The second kappa shape index (κ2) is 6.43. The van der Waals surface area contributed by atoms with Crippen LogP contribution >= 0.6 is 11.6 Å². The number of carbonyl (C=O) groups excluding carboxylic acids is 3. The third kappa shape index (κ3) is 2.25. The number of hydrogen-bond acceptors (Lipinski definition) is 4. The molecule has 7 rings (SSSR count). The fourth-order valence-corrected chi connectivity index (χ4v) is 6.92. The number of carbonyl (C=O) groups is 3. The monoisotopic (exact) mass is 457 g/mol. The molecule has 4 unspecified atom stereocenters. The molecule has 0 bridgehead atoms. The highest BCUT2D eigenvalue weighted by molar-refractivity contribution is 6.31. The van der Waals surface area contributed by atoms with Gasteiger partial charge in [-0.3, -0.25) is 19.3 Å². The summed E-state index contributed by atoms with van der Waals surface area (Å²) in [5.41, 5.74) is 0.730. The van der Waals surface area contributed by atoms with E-state index in [0.29, 0.717) is 28.5 Å². The molecular weight excluding hydrogens is 438 g/mol. The van der Waals surface area contributed by atoms with Gasteiger partial charge in [0, 0.05) is 22.3 Å². The average molecular weight is 458 g/mol. The minimum Gasteiger partial charge on any atom is -0.324 e. The molecule has 4 atom stereocenters. The summed E-state index contributed by atoms with van der Waals surface area (Å²) in [6.07, 6.45) is 1.67. The van der Waals surface area contributed by atoms with Crippen LogP contribution in [0.3, 0.4) is 0 Å². The van der Waals surface area contributed by atoms with Crippen LogP contribution < -0.4 is 10.2 Å². The lowest BCUT2D eigenvalue weighted by Crippen LogP contribution is -2.54. The molecule has 0 saturated carbocycles. The Kier molecular flexibility index (Phi) is 3.75. The molecule has 4 aliphatic heterocycles. The maximum absolute atomic E-state index is 14.0. The van der Waals surface area contributed by atoms with Crippen LogP contribution in [0.25, 0.3) is 10.8 Å². The van der Waals surface area contributed by atoms with E-state index in [4.69, 9.17) is 11.6 Å². The van der Waals surface area contributed by atoms with E-state index in [1.54, 1.807) is 18.2 Å². The van der Waals surface area contributed by atoms with Gasteiger partial charge in [0.25, 0.3) is 0 Å². The van der Waals surface area contributed by atoms with E-state index in [0.717, 1.165) is 23.6 Å². The Labute approximate surface area is 195 Å². The van der Waals surface area contributed by atoms with Crippen molar-refractivity contribution < 1.29 is 14.4 Å². The lowest BCUT2D eigenvalue weighted by atomic mass is 9.75. The molecule has 3 aromatic rings. The minimum absolute atomic E-state index is 0.146. The number of benzene rings is 3. The highest BCUT2D eigenvalue weighted by Crippen LogP contribution is 2.60. The van der Waals surface area contributed by atoms with E-state index < -0.39 is 17.4 Å². The van der Waals surface area contributed by atoms with Crippen LogP contribution in [0.2, 0.25) is 5.02 Å². The van der Waals surface area contributed by atoms with E-state index in [9.17, 15) is 14.4 Å². The van der Waals surface area contributed by atoms with Crippen molar-refractivity contribution in [3.63, 3.8) is 0 Å². The van der Waals surface area contributed by atoms with Gasteiger partial charge in [-0.1, -0.05) is 41.9 Å². The molecule has 3 fully saturated rings. The van der Waals surface area contributed by atoms with Gasteiger partial charge in [-0.25, -0.2) is 4.90 Å². The molecule has 0 radical (unpaired) electrons. The van der Waals surface area contributed by atoms with Crippen LogP contribution in [-0.2, 0) is 19.9 Å². The Morgan fingerprint density at radius 3 is 2.61 bits per heavy atom. The molecule has 4 heterocycles. The second-order valence-electron chi connectivity index (χ2n) is 9.36. The Morgan fingerprint density at radius 1 is 0.939 bits per heavy atom. The van der Waals surface area contributed by atoms with Gasteiger partial charge in [0.1, 0.15) is 5.54 Å². The first-order valence-electron chi connectivity index (χ1n) is 11.3. The second-order valence-corrected chi connectivity index (χ2v) is 9.80. The highest BCUT2D eigenvalue weighted by atomic mass is 35.5. The number of nitrogens with zero attached hydrogens (tertiary/aromatic N) is 2. The molecule has 1 spiro atoms. The van der Waals surface area contributed by atoms with Gasteiger partial charge in [0.2, 0.25) is 17.7 Å². The largest absolute Gasteiger partial charge is 0.324 e. The topological polar surface area (TPSA) is 69.7 Å². The summed E-state index contributed by atoms with van der Waals surface area (Å²) in [5, 5.41) is 5.48. The van der Waals surface area contributed by atoms with Gasteiger partial charge < -0.3 is 5.32 Å². The first kappa shape index (κ1) is 19.3. The highest BCUT2D eigenvalue weighted by Gasteiger charge is 2.74. The zero-order valence-corrected chi connectivity index (χ0v) is 18.4. The fraction of sp³-hybridized carbons (Fsp3) is 0.269. The predicted molar refractivity (Wildman–Crippen MR) is 125 cm³/mol. The Balaban J connectivity index is 1.42. The Morgan fingerprint density at radius 2 is 1.76 bits per heavy atom. The van der Waals surface area contributed by atoms with Crippen molar-refractivity contribution in [2.45, 2.75) is 24.4 Å². The molecular formula is C26H20ClN3O3. The zero-order valence-electron chi connectivity index (χ0n) is 17.6. The van der Waals surface area contributed by atoms with Crippen molar-refractivity contribution in [3.8, 4) is 0 Å². The summed E-state index contributed by atoms with van der Waals surface area (Å²) < 4.78 is 0. The van der Waals surface area contributed by atoms with Crippen LogP contribution in [0.5, 0.6) is 0 Å². The van der Waals surface area contributed by atoms with Crippen LogP contribution in [0.15, 0.2) is 60.7 Å². The van der Waals surface area contributed by atoms with Crippen molar-refractivity contribution >= 4 is 51.5 Å². The number of amides is 3. The van der Waals surface area contributed by atoms with Crippen LogP contribution in [0.4, 0.5) is 11.4 Å². The number of halogens is 1. The summed E-state index contributed by atoms with van der Waals surface area (Å²) in [4.78, 5) is 44.9. The van der Waals surface area contributed by atoms with E-state index >= 15 is 0 Å². The first-order chi connectivity index (χ1) is 16.0. The summed E-state index contributed by atoms with van der Waals surface area (Å²) in [7, 11) is 0. The molecule has 3 aromatic carbocycles. The maximum atomic E-state index is 14.0. The minimum atomic E-state index is -1.20. The SMILES string of the molecule is O=C1C2C3CCCN3C3(C(=O)Nc4ccc(Cl)cc43)C2C(=O)N1c1ccc2ccccc2c1. The van der Waals surface area contributed by atoms with Crippen LogP contribution in [0.1, 0.15) is 18.4 Å². The number of hydrogen-bond donors (Lipinski definition) is 1. The van der Waals surface area contributed by atoms with Crippen molar-refractivity contribution in [2.75, 3.05) is 16.8 Å². The van der Waals surface area contributed by atoms with E-state index in [2.05, 4.69) is 10.2 Å². The van der Waals surface area contributed by atoms with Crippen molar-refractivity contribution in [2.24, 2.45) is 11.8 Å². The van der Waals surface area contributed by atoms with Crippen molar-refractivity contribution in [1.29, 1.82) is 0 Å². The van der Waals surface area contributed by atoms with Gasteiger partial charge in [-0.15, -0.1) is 0 Å². The Bertz CT molecular complexity index is 1400. The van der Waals surface area contributed by atoms with Gasteiger partial charge in [0.05, 0.1) is 17.5 Å². The number of fused-ring (bicyclic) bond motifs is 8. The lowest BCUT2D eigenvalue weighted by Gasteiger charge is -2.36. The lowest BCUT2D eigenvalue weighted by molar-refractivity contribution is -0.135. The number of imide groups is 1. The van der Waals surface area contributed by atoms with Crippen molar-refractivity contribution in [1.82, 2.24) is 4.90 Å². The molecule has 1 N–H and O–H groups in total. The maximum Gasteiger partial charge on any atom is 0.250 e. The molecule has 0 aromatic heterocycles. The zero-order chi connectivity index (χ0) is 22.5. The first-order valence-corrected chi connectivity index (χ1v) is 11.6.